The molecule has 3 N–H and O–H groups in total. The molecule has 1 atom stereocenters. The van der Waals surface area contributed by atoms with E-state index in [9.17, 15) is 4.79 Å². The summed E-state index contributed by atoms with van der Waals surface area (Å²) in [4.78, 5) is 13.9. The van der Waals surface area contributed by atoms with Crippen LogP contribution in [-0.4, -0.2) is 30.1 Å². The number of anilines is 1. The summed E-state index contributed by atoms with van der Waals surface area (Å²) in [5.74, 6) is 0.518. The number of piperidine rings is 1. The molecular weight excluding hydrogens is 262 g/mol. The number of benzene rings is 1. The lowest BCUT2D eigenvalue weighted by Crippen LogP contribution is -2.44. The van der Waals surface area contributed by atoms with Crippen LogP contribution in [0.5, 0.6) is 0 Å². The molecule has 0 aliphatic carbocycles. The molecule has 1 aromatic rings. The summed E-state index contributed by atoms with van der Waals surface area (Å²) < 4.78 is 0. The maximum Gasteiger partial charge on any atom is 0.321 e. The third-order valence-electron chi connectivity index (χ3n) is 3.69. The molecule has 1 aliphatic heterocycles. The quantitative estimate of drug-likeness (QED) is 0.876. The monoisotopic (exact) mass is 281 g/mol. The predicted octanol–water partition coefficient (Wildman–Crippen LogP) is 2.93. The average molecular weight is 282 g/mol. The van der Waals surface area contributed by atoms with Gasteiger partial charge >= 0.3 is 6.03 Å². The molecule has 0 saturated carbocycles. The highest BCUT2D eigenvalue weighted by Gasteiger charge is 2.24. The zero-order valence-corrected chi connectivity index (χ0v) is 11.9. The third kappa shape index (κ3) is 3.61. The van der Waals surface area contributed by atoms with Gasteiger partial charge in [-0.3, -0.25) is 0 Å². The lowest BCUT2D eigenvalue weighted by atomic mass is 9.91. The normalized spacial score (nSPS) is 18.2. The second-order valence-corrected chi connectivity index (χ2v) is 5.50. The molecule has 0 aromatic heterocycles. The Kier molecular flexibility index (Phi) is 4.66. The Bertz CT molecular complexity index is 442. The van der Waals surface area contributed by atoms with Gasteiger partial charge in [0, 0.05) is 19.1 Å². The van der Waals surface area contributed by atoms with Crippen molar-refractivity contribution in [1.82, 2.24) is 4.90 Å². The van der Waals surface area contributed by atoms with Crippen LogP contribution in [0.4, 0.5) is 10.5 Å². The minimum atomic E-state index is -0.0868. The van der Waals surface area contributed by atoms with Gasteiger partial charge in [-0.05, 0) is 37.8 Å². The minimum absolute atomic E-state index is 0.0868. The Morgan fingerprint density at radius 3 is 2.63 bits per heavy atom. The SMILES string of the molecule is CC(N)C1CCN(C(=O)Nc2ccccc2Cl)CC1. The molecule has 0 radical (unpaired) electrons. The van der Waals surface area contributed by atoms with E-state index in [1.807, 2.05) is 24.0 Å². The number of rotatable bonds is 2. The fraction of sp³-hybridized carbons (Fsp3) is 0.500. The van der Waals surface area contributed by atoms with E-state index in [1.165, 1.54) is 0 Å². The van der Waals surface area contributed by atoms with Gasteiger partial charge in [0.05, 0.1) is 10.7 Å². The highest BCUT2D eigenvalue weighted by molar-refractivity contribution is 6.33. The molecule has 5 heteroatoms. The largest absolute Gasteiger partial charge is 0.328 e. The van der Waals surface area contributed by atoms with Crippen molar-refractivity contribution in [3.05, 3.63) is 29.3 Å². The summed E-state index contributed by atoms with van der Waals surface area (Å²) in [6.07, 6.45) is 1.93. The Morgan fingerprint density at radius 1 is 1.42 bits per heavy atom. The number of nitrogens with zero attached hydrogens (tertiary/aromatic N) is 1. The topological polar surface area (TPSA) is 58.4 Å². The molecule has 1 saturated heterocycles. The van der Waals surface area contributed by atoms with Gasteiger partial charge in [0.2, 0.25) is 0 Å². The van der Waals surface area contributed by atoms with Crippen LogP contribution >= 0.6 is 11.6 Å². The molecule has 19 heavy (non-hydrogen) atoms. The summed E-state index contributed by atoms with van der Waals surface area (Å²) >= 11 is 6.02. The molecule has 0 bridgehead atoms. The van der Waals surface area contributed by atoms with E-state index in [-0.39, 0.29) is 12.1 Å². The number of halogens is 1. The molecule has 4 nitrogen and oxygen atoms in total. The molecule has 1 heterocycles. The van der Waals surface area contributed by atoms with Crippen LogP contribution in [0.3, 0.4) is 0 Å². The molecule has 1 fully saturated rings. The Morgan fingerprint density at radius 2 is 2.05 bits per heavy atom. The molecule has 0 spiro atoms. The van der Waals surface area contributed by atoms with E-state index < -0.39 is 0 Å². The second kappa shape index (κ2) is 6.26. The molecule has 1 aliphatic rings. The molecule has 2 amide bonds. The standard InChI is InChI=1S/C14H20ClN3O/c1-10(16)11-6-8-18(9-7-11)14(19)17-13-5-3-2-4-12(13)15/h2-5,10-11H,6-9,16H2,1H3,(H,17,19). The van der Waals surface area contributed by atoms with Gasteiger partial charge in [-0.2, -0.15) is 0 Å². The van der Waals surface area contributed by atoms with Gasteiger partial charge in [-0.1, -0.05) is 23.7 Å². The molecule has 104 valence electrons. The van der Waals surface area contributed by atoms with E-state index in [0.717, 1.165) is 25.9 Å². The van der Waals surface area contributed by atoms with Gasteiger partial charge in [0.1, 0.15) is 0 Å². The first-order chi connectivity index (χ1) is 9.08. The third-order valence-corrected chi connectivity index (χ3v) is 4.02. The van der Waals surface area contributed by atoms with Gasteiger partial charge < -0.3 is 16.0 Å². The summed E-state index contributed by atoms with van der Waals surface area (Å²) in [6, 6.07) is 7.37. The van der Waals surface area contributed by atoms with Crippen molar-refractivity contribution in [1.29, 1.82) is 0 Å². The summed E-state index contributed by atoms with van der Waals surface area (Å²) in [5, 5.41) is 3.40. The van der Waals surface area contributed by atoms with Crippen LogP contribution in [-0.2, 0) is 0 Å². The second-order valence-electron chi connectivity index (χ2n) is 5.09. The maximum absolute atomic E-state index is 12.1. The van der Waals surface area contributed by atoms with Crippen molar-refractivity contribution in [2.24, 2.45) is 11.7 Å². The molecule has 1 aromatic carbocycles. The number of amides is 2. The summed E-state index contributed by atoms with van der Waals surface area (Å²) in [7, 11) is 0. The number of carbonyl (C=O) groups excluding carboxylic acids is 1. The predicted molar refractivity (Wildman–Crippen MR) is 78.4 cm³/mol. The number of nitrogens with two attached hydrogens (primary N) is 1. The fourth-order valence-corrected chi connectivity index (χ4v) is 2.57. The van der Waals surface area contributed by atoms with E-state index in [1.54, 1.807) is 12.1 Å². The van der Waals surface area contributed by atoms with Crippen molar-refractivity contribution in [3.8, 4) is 0 Å². The highest BCUT2D eigenvalue weighted by Crippen LogP contribution is 2.23. The highest BCUT2D eigenvalue weighted by atomic mass is 35.5. The number of likely N-dealkylation sites (tertiary alicyclic amines) is 1. The van der Waals surface area contributed by atoms with Crippen LogP contribution in [0.1, 0.15) is 19.8 Å². The zero-order valence-electron chi connectivity index (χ0n) is 11.1. The summed E-state index contributed by atoms with van der Waals surface area (Å²) in [6.45, 7) is 3.54. The van der Waals surface area contributed by atoms with Crippen LogP contribution in [0.2, 0.25) is 5.02 Å². The van der Waals surface area contributed by atoms with E-state index >= 15 is 0 Å². The average Bonchev–Trinajstić information content (AvgIpc) is 2.41. The first kappa shape index (κ1) is 14.2. The number of carbonyl (C=O) groups is 1. The van der Waals surface area contributed by atoms with Gasteiger partial charge in [0.15, 0.2) is 0 Å². The Labute approximate surface area is 118 Å². The molecular formula is C14H20ClN3O. The zero-order chi connectivity index (χ0) is 13.8. The lowest BCUT2D eigenvalue weighted by molar-refractivity contribution is 0.176. The Hall–Kier alpha value is -1.26. The van der Waals surface area contributed by atoms with Crippen molar-refractivity contribution >= 4 is 23.3 Å². The van der Waals surface area contributed by atoms with Crippen LogP contribution in [0, 0.1) is 5.92 Å². The smallest absolute Gasteiger partial charge is 0.321 e. The number of hydrogen-bond acceptors (Lipinski definition) is 2. The number of hydrogen-bond donors (Lipinski definition) is 2. The summed E-state index contributed by atoms with van der Waals surface area (Å²) in [5.41, 5.74) is 6.55. The number of nitrogens with one attached hydrogen (secondary N) is 1. The van der Waals surface area contributed by atoms with Gasteiger partial charge in [-0.25, -0.2) is 4.79 Å². The molecule has 1 unspecified atom stereocenters. The van der Waals surface area contributed by atoms with Crippen LogP contribution in [0.25, 0.3) is 0 Å². The van der Waals surface area contributed by atoms with Crippen LogP contribution < -0.4 is 11.1 Å². The fourth-order valence-electron chi connectivity index (χ4n) is 2.39. The van der Waals surface area contributed by atoms with E-state index in [4.69, 9.17) is 17.3 Å². The Balaban J connectivity index is 1.90. The van der Waals surface area contributed by atoms with Crippen molar-refractivity contribution in [3.63, 3.8) is 0 Å². The van der Waals surface area contributed by atoms with Crippen molar-refractivity contribution in [2.45, 2.75) is 25.8 Å². The first-order valence-electron chi connectivity index (χ1n) is 6.64. The minimum Gasteiger partial charge on any atom is -0.328 e. The first-order valence-corrected chi connectivity index (χ1v) is 7.01. The van der Waals surface area contributed by atoms with Crippen molar-refractivity contribution < 1.29 is 4.79 Å². The lowest BCUT2D eigenvalue weighted by Gasteiger charge is -2.33. The van der Waals surface area contributed by atoms with Crippen molar-refractivity contribution in [2.75, 3.05) is 18.4 Å². The number of para-hydroxylation sites is 1. The van der Waals surface area contributed by atoms with Gasteiger partial charge in [-0.15, -0.1) is 0 Å². The van der Waals surface area contributed by atoms with E-state index in [2.05, 4.69) is 5.32 Å². The van der Waals surface area contributed by atoms with E-state index in [0.29, 0.717) is 16.6 Å². The maximum atomic E-state index is 12.1. The van der Waals surface area contributed by atoms with Crippen LogP contribution in [0.15, 0.2) is 24.3 Å². The molecule has 2 rings (SSSR count). The van der Waals surface area contributed by atoms with Gasteiger partial charge in [0.25, 0.3) is 0 Å². The number of urea groups is 1.